The Hall–Kier alpha value is -1.87. The predicted molar refractivity (Wildman–Crippen MR) is 99.1 cm³/mol. The second-order valence-corrected chi connectivity index (χ2v) is 5.92. The summed E-state index contributed by atoms with van der Waals surface area (Å²) in [6.45, 7) is 5.72. The monoisotopic (exact) mass is 317 g/mol. The maximum absolute atomic E-state index is 11.4. The lowest BCUT2D eigenvalue weighted by molar-refractivity contribution is -0.117. The van der Waals surface area contributed by atoms with Crippen molar-refractivity contribution in [2.75, 3.05) is 6.54 Å². The molecule has 0 unspecified atom stereocenters. The van der Waals surface area contributed by atoms with E-state index in [1.807, 2.05) is 30.4 Å². The molecule has 0 atom stereocenters. The van der Waals surface area contributed by atoms with Gasteiger partial charge in [-0.25, -0.2) is 0 Å². The number of hydrogen-bond acceptors (Lipinski definition) is 2. The molecule has 0 bridgehead atoms. The van der Waals surface area contributed by atoms with Gasteiger partial charge >= 0.3 is 0 Å². The van der Waals surface area contributed by atoms with Gasteiger partial charge in [-0.15, -0.1) is 0 Å². The van der Waals surface area contributed by atoms with Crippen molar-refractivity contribution < 1.29 is 9.90 Å². The lowest BCUT2D eigenvalue weighted by Crippen LogP contribution is -2.37. The van der Waals surface area contributed by atoms with Crippen LogP contribution in [0.4, 0.5) is 0 Å². The Morgan fingerprint density at radius 2 is 1.43 bits per heavy atom. The highest BCUT2D eigenvalue weighted by molar-refractivity contribution is 5.87. The Kier molecular flexibility index (Phi) is 12.7. The highest BCUT2D eigenvalue weighted by Gasteiger charge is 2.12. The Balaban J connectivity index is 3.74. The fraction of sp³-hybridized carbons (Fsp3) is 0.450. The highest BCUT2D eigenvalue weighted by Crippen LogP contribution is 1.97. The summed E-state index contributed by atoms with van der Waals surface area (Å²) >= 11 is 0. The minimum atomic E-state index is -0.883. The van der Waals surface area contributed by atoms with E-state index in [0.717, 1.165) is 19.3 Å². The number of allylic oxidation sites excluding steroid dienone is 9. The van der Waals surface area contributed by atoms with E-state index in [-0.39, 0.29) is 12.5 Å². The molecule has 3 heteroatoms. The summed E-state index contributed by atoms with van der Waals surface area (Å²) < 4.78 is 0. The summed E-state index contributed by atoms with van der Waals surface area (Å²) in [5, 5.41) is 12.1. The first-order valence-corrected chi connectivity index (χ1v) is 8.27. The molecule has 0 aromatic rings. The van der Waals surface area contributed by atoms with E-state index in [1.54, 1.807) is 19.9 Å². The van der Waals surface area contributed by atoms with Crippen molar-refractivity contribution in [3.63, 3.8) is 0 Å². The quantitative estimate of drug-likeness (QED) is 0.340. The Labute approximate surface area is 141 Å². The summed E-state index contributed by atoms with van der Waals surface area (Å²) in [5.74, 6) is -0.196. The molecule has 0 saturated heterocycles. The molecule has 128 valence electrons. The smallest absolute Gasteiger partial charge is 0.244 e. The Morgan fingerprint density at radius 3 is 1.96 bits per heavy atom. The number of rotatable bonds is 11. The average molecular weight is 317 g/mol. The lowest BCUT2D eigenvalue weighted by Gasteiger charge is -2.16. The van der Waals surface area contributed by atoms with Gasteiger partial charge in [-0.2, -0.15) is 0 Å². The van der Waals surface area contributed by atoms with E-state index in [1.165, 1.54) is 12.5 Å². The highest BCUT2D eigenvalue weighted by atomic mass is 16.3. The summed E-state index contributed by atoms with van der Waals surface area (Å²) in [5.41, 5.74) is -0.883. The molecular weight excluding hydrogens is 286 g/mol. The largest absolute Gasteiger partial charge is 0.389 e. The van der Waals surface area contributed by atoms with Gasteiger partial charge in [-0.3, -0.25) is 4.79 Å². The van der Waals surface area contributed by atoms with Gasteiger partial charge in [0.05, 0.1) is 5.60 Å². The Bertz CT molecular complexity index is 449. The van der Waals surface area contributed by atoms with Crippen LogP contribution in [0.15, 0.2) is 60.8 Å². The fourth-order valence-electron chi connectivity index (χ4n) is 1.52. The van der Waals surface area contributed by atoms with Crippen LogP contribution in [-0.4, -0.2) is 23.2 Å². The first-order valence-electron chi connectivity index (χ1n) is 8.27. The van der Waals surface area contributed by atoms with Crippen LogP contribution >= 0.6 is 0 Å². The molecular formula is C20H31NO2. The summed E-state index contributed by atoms with van der Waals surface area (Å²) in [4.78, 5) is 11.4. The number of amides is 1. The molecule has 0 aromatic heterocycles. The molecule has 0 spiro atoms. The van der Waals surface area contributed by atoms with Crippen molar-refractivity contribution in [2.24, 2.45) is 0 Å². The molecule has 1 amide bonds. The maximum atomic E-state index is 11.4. The first-order chi connectivity index (χ1) is 11.0. The van der Waals surface area contributed by atoms with Crippen molar-refractivity contribution in [3.05, 3.63) is 60.8 Å². The normalized spacial score (nSPS) is 13.4. The minimum Gasteiger partial charge on any atom is -0.389 e. The molecule has 0 aliphatic carbocycles. The molecule has 3 nitrogen and oxygen atoms in total. The van der Waals surface area contributed by atoms with Crippen LogP contribution in [0.2, 0.25) is 0 Å². The van der Waals surface area contributed by atoms with Gasteiger partial charge in [0, 0.05) is 12.6 Å². The van der Waals surface area contributed by atoms with Crippen LogP contribution in [0.25, 0.3) is 0 Å². The second-order valence-electron chi connectivity index (χ2n) is 5.92. The number of hydrogen-bond donors (Lipinski definition) is 2. The van der Waals surface area contributed by atoms with Crippen molar-refractivity contribution >= 4 is 5.91 Å². The van der Waals surface area contributed by atoms with Gasteiger partial charge in [0.2, 0.25) is 5.91 Å². The third-order valence-corrected chi connectivity index (χ3v) is 2.75. The van der Waals surface area contributed by atoms with E-state index in [0.29, 0.717) is 0 Å². The molecule has 0 aliphatic rings. The number of unbranched alkanes of at least 4 members (excludes halogenated alkanes) is 2. The molecule has 23 heavy (non-hydrogen) atoms. The first kappa shape index (κ1) is 21.1. The van der Waals surface area contributed by atoms with Crippen LogP contribution in [0, 0.1) is 0 Å². The Morgan fingerprint density at radius 1 is 0.913 bits per heavy atom. The zero-order valence-electron chi connectivity index (χ0n) is 14.7. The number of aliphatic hydroxyl groups is 1. The van der Waals surface area contributed by atoms with Crippen LogP contribution in [0.3, 0.4) is 0 Å². The molecule has 0 saturated carbocycles. The topological polar surface area (TPSA) is 49.3 Å². The molecule has 0 heterocycles. The molecule has 0 aromatic carbocycles. The standard InChI is InChI=1S/C20H31NO2/c1-4-5-6-7-8-9-10-11-12-13-14-15-16-17-19(22)21-18-20(2,3)23/h6-11,14-17,23H,4-5,12-13,18H2,1-3H3,(H,21,22). The number of nitrogens with one attached hydrogen (secondary N) is 1. The molecule has 0 rings (SSSR count). The predicted octanol–water partition coefficient (Wildman–Crippen LogP) is 4.23. The van der Waals surface area contributed by atoms with E-state index in [9.17, 15) is 9.90 Å². The molecule has 0 aliphatic heterocycles. The molecule has 2 N–H and O–H groups in total. The van der Waals surface area contributed by atoms with Crippen molar-refractivity contribution in [1.29, 1.82) is 0 Å². The second kappa shape index (κ2) is 13.8. The van der Waals surface area contributed by atoms with Gasteiger partial charge in [0.25, 0.3) is 0 Å². The van der Waals surface area contributed by atoms with Crippen molar-refractivity contribution in [3.8, 4) is 0 Å². The zero-order chi connectivity index (χ0) is 17.4. The van der Waals surface area contributed by atoms with E-state index >= 15 is 0 Å². The van der Waals surface area contributed by atoms with Gasteiger partial charge in [0.1, 0.15) is 0 Å². The van der Waals surface area contributed by atoms with E-state index in [4.69, 9.17) is 0 Å². The van der Waals surface area contributed by atoms with Gasteiger partial charge in [-0.05, 0) is 33.1 Å². The van der Waals surface area contributed by atoms with Gasteiger partial charge < -0.3 is 10.4 Å². The maximum Gasteiger partial charge on any atom is 0.244 e. The van der Waals surface area contributed by atoms with Crippen LogP contribution < -0.4 is 5.32 Å². The summed E-state index contributed by atoms with van der Waals surface area (Å²) in [6, 6.07) is 0. The van der Waals surface area contributed by atoms with Crippen LogP contribution in [-0.2, 0) is 4.79 Å². The molecule has 0 radical (unpaired) electrons. The van der Waals surface area contributed by atoms with Gasteiger partial charge in [-0.1, -0.05) is 68.0 Å². The zero-order valence-corrected chi connectivity index (χ0v) is 14.7. The average Bonchev–Trinajstić information content (AvgIpc) is 2.49. The fourth-order valence-corrected chi connectivity index (χ4v) is 1.52. The summed E-state index contributed by atoms with van der Waals surface area (Å²) in [7, 11) is 0. The van der Waals surface area contributed by atoms with Crippen molar-refractivity contribution in [1.82, 2.24) is 5.32 Å². The third-order valence-electron chi connectivity index (χ3n) is 2.75. The lowest BCUT2D eigenvalue weighted by atomic mass is 10.1. The number of carbonyl (C=O) groups is 1. The van der Waals surface area contributed by atoms with E-state index < -0.39 is 5.60 Å². The summed E-state index contributed by atoms with van der Waals surface area (Å²) in [6.07, 6.45) is 23.7. The van der Waals surface area contributed by atoms with Crippen LogP contribution in [0.5, 0.6) is 0 Å². The van der Waals surface area contributed by atoms with Gasteiger partial charge in [0.15, 0.2) is 0 Å². The van der Waals surface area contributed by atoms with E-state index in [2.05, 4.69) is 30.5 Å². The third kappa shape index (κ3) is 18.1. The minimum absolute atomic E-state index is 0.196. The van der Waals surface area contributed by atoms with Crippen LogP contribution in [0.1, 0.15) is 46.5 Å². The SMILES string of the molecule is CCCC=CC=CC=CCCC=CC=CC(=O)NCC(C)(C)O. The van der Waals surface area contributed by atoms with Crippen molar-refractivity contribution in [2.45, 2.75) is 52.1 Å². The molecule has 0 fully saturated rings. The number of carbonyl (C=O) groups excluding carboxylic acids is 1.